The first-order valence-electron chi connectivity index (χ1n) is 30.4. The Morgan fingerprint density at radius 1 is 0.507 bits per heavy atom. The molecule has 73 heavy (non-hydrogen) atoms. The number of aliphatic hydroxyl groups is 5. The normalized spacial score (nSPS) is 19.2. The van der Waals surface area contributed by atoms with E-state index in [4.69, 9.17) is 14.2 Å². The van der Waals surface area contributed by atoms with E-state index in [1.807, 2.05) is 6.08 Å². The fraction of sp³-hybridized carbons (Fsp3) is 0.839. The zero-order chi connectivity index (χ0) is 53.1. The van der Waals surface area contributed by atoms with E-state index in [0.717, 1.165) is 83.5 Å². The Kier molecular flexibility index (Phi) is 48.6. The number of unbranched alkanes of at least 4 members (excludes halogenated alkanes) is 32. The minimum Gasteiger partial charge on any atom is -0.466 e. The number of amides is 1. The molecule has 0 aromatic heterocycles. The van der Waals surface area contributed by atoms with Crippen LogP contribution in [-0.2, 0) is 23.8 Å². The van der Waals surface area contributed by atoms with Gasteiger partial charge in [-0.25, -0.2) is 0 Å². The first-order chi connectivity index (χ1) is 35.7. The molecule has 7 atom stereocenters. The van der Waals surface area contributed by atoms with Crippen LogP contribution in [0.2, 0.25) is 0 Å². The second-order valence-corrected chi connectivity index (χ2v) is 21.0. The molecule has 0 spiro atoms. The van der Waals surface area contributed by atoms with Crippen LogP contribution in [0, 0.1) is 0 Å². The Labute approximate surface area is 446 Å². The predicted octanol–water partition coefficient (Wildman–Crippen LogP) is 14.1. The molecular weight excluding hydrogens is 919 g/mol. The maximum Gasteiger partial charge on any atom is 0.305 e. The summed E-state index contributed by atoms with van der Waals surface area (Å²) in [5.41, 5.74) is 0. The monoisotopic (exact) mass is 1030 g/mol. The molecule has 0 aliphatic carbocycles. The van der Waals surface area contributed by atoms with Gasteiger partial charge in [-0.1, -0.05) is 223 Å². The average Bonchev–Trinajstić information content (AvgIpc) is 3.39. The van der Waals surface area contributed by atoms with E-state index in [1.165, 1.54) is 161 Å². The fourth-order valence-corrected chi connectivity index (χ4v) is 9.27. The third-order valence-electron chi connectivity index (χ3n) is 14.2. The molecule has 1 rings (SSSR count). The van der Waals surface area contributed by atoms with Gasteiger partial charge in [0.15, 0.2) is 6.29 Å². The van der Waals surface area contributed by atoms with Crippen LogP contribution in [0.5, 0.6) is 0 Å². The molecule has 1 heterocycles. The quantitative estimate of drug-likeness (QED) is 0.0195. The highest BCUT2D eigenvalue weighted by atomic mass is 16.7. The molecular formula is C62H113NO10. The predicted molar refractivity (Wildman–Crippen MR) is 301 cm³/mol. The summed E-state index contributed by atoms with van der Waals surface area (Å²) in [5.74, 6) is -0.210. The number of hydrogen-bond donors (Lipinski definition) is 6. The molecule has 1 amide bonds. The van der Waals surface area contributed by atoms with Gasteiger partial charge in [-0.15, -0.1) is 0 Å². The van der Waals surface area contributed by atoms with Gasteiger partial charge in [0, 0.05) is 12.8 Å². The smallest absolute Gasteiger partial charge is 0.305 e. The van der Waals surface area contributed by atoms with Crippen LogP contribution in [0.15, 0.2) is 48.6 Å². The van der Waals surface area contributed by atoms with Gasteiger partial charge in [-0.2, -0.15) is 0 Å². The number of nitrogens with one attached hydrogen (secondary N) is 1. The summed E-state index contributed by atoms with van der Waals surface area (Å²) in [7, 11) is 0. The molecule has 426 valence electrons. The first kappa shape index (κ1) is 68.6. The summed E-state index contributed by atoms with van der Waals surface area (Å²) in [5, 5.41) is 54.3. The summed E-state index contributed by atoms with van der Waals surface area (Å²) >= 11 is 0. The lowest BCUT2D eigenvalue weighted by Crippen LogP contribution is -2.60. The molecule has 1 aliphatic heterocycles. The Morgan fingerprint density at radius 3 is 1.44 bits per heavy atom. The molecule has 0 radical (unpaired) electrons. The van der Waals surface area contributed by atoms with Crippen LogP contribution in [0.4, 0.5) is 0 Å². The molecule has 0 bridgehead atoms. The highest BCUT2D eigenvalue weighted by molar-refractivity contribution is 5.76. The van der Waals surface area contributed by atoms with E-state index in [1.54, 1.807) is 6.08 Å². The lowest BCUT2D eigenvalue weighted by Gasteiger charge is -2.40. The van der Waals surface area contributed by atoms with Gasteiger partial charge in [0.05, 0.1) is 32.0 Å². The second-order valence-electron chi connectivity index (χ2n) is 21.0. The highest BCUT2D eigenvalue weighted by Gasteiger charge is 2.44. The number of carbonyl (C=O) groups is 2. The number of carbonyl (C=O) groups excluding carboxylic acids is 2. The summed E-state index contributed by atoms with van der Waals surface area (Å²) in [4.78, 5) is 25.0. The third kappa shape index (κ3) is 41.5. The van der Waals surface area contributed by atoms with Gasteiger partial charge < -0.3 is 45.1 Å². The van der Waals surface area contributed by atoms with Crippen molar-refractivity contribution in [2.45, 2.75) is 314 Å². The van der Waals surface area contributed by atoms with Gasteiger partial charge >= 0.3 is 5.97 Å². The van der Waals surface area contributed by atoms with Crippen molar-refractivity contribution in [3.63, 3.8) is 0 Å². The summed E-state index contributed by atoms with van der Waals surface area (Å²) in [6, 6.07) is -0.817. The maximum absolute atomic E-state index is 13.0. The Morgan fingerprint density at radius 2 is 0.932 bits per heavy atom. The van der Waals surface area contributed by atoms with Gasteiger partial charge in [0.1, 0.15) is 24.4 Å². The molecule has 6 N–H and O–H groups in total. The van der Waals surface area contributed by atoms with Crippen LogP contribution in [0.3, 0.4) is 0 Å². The topological polar surface area (TPSA) is 175 Å². The molecule has 11 heteroatoms. The van der Waals surface area contributed by atoms with E-state index in [9.17, 15) is 35.1 Å². The van der Waals surface area contributed by atoms with E-state index >= 15 is 0 Å². The zero-order valence-corrected chi connectivity index (χ0v) is 46.8. The summed E-state index contributed by atoms with van der Waals surface area (Å²) < 4.78 is 16.7. The summed E-state index contributed by atoms with van der Waals surface area (Å²) in [6.45, 7) is 4.28. The molecule has 0 saturated carbocycles. The van der Waals surface area contributed by atoms with Gasteiger partial charge in [-0.3, -0.25) is 9.59 Å². The number of rotatable bonds is 52. The Balaban J connectivity index is 2.07. The third-order valence-corrected chi connectivity index (χ3v) is 14.2. The number of allylic oxidation sites excluding steroid dienone is 7. The van der Waals surface area contributed by atoms with Gasteiger partial charge in [0.2, 0.25) is 5.91 Å². The van der Waals surface area contributed by atoms with Crippen molar-refractivity contribution >= 4 is 11.9 Å². The molecule has 1 aliphatic rings. The van der Waals surface area contributed by atoms with Crippen molar-refractivity contribution in [3.05, 3.63) is 48.6 Å². The largest absolute Gasteiger partial charge is 0.466 e. The Bertz CT molecular complexity index is 1350. The van der Waals surface area contributed by atoms with Crippen molar-refractivity contribution < 1.29 is 49.3 Å². The molecule has 0 aromatic carbocycles. The van der Waals surface area contributed by atoms with Crippen molar-refractivity contribution in [3.8, 4) is 0 Å². The lowest BCUT2D eigenvalue weighted by molar-refractivity contribution is -0.302. The standard InChI is InChI=1S/C62H113NO10/c1-3-5-7-9-11-13-28-32-36-40-44-48-55(65)54(53-72-62-61(70)60(69)59(68)56(52-64)73-62)63-57(66)49-45-41-37-33-30-26-24-22-20-18-16-15-17-19-21-23-25-27-31-35-39-43-47-51-71-58(67)50-46-42-38-34-29-14-12-10-8-6-4-2/h10,12,15,17-18,20,44,48,54-56,59-62,64-65,68-70H,3-9,11,13-14,16,19,21-43,45-47,49-53H2,1-2H3,(H,63,66)/b12-10-,17-15-,20-18-,48-44+. The van der Waals surface area contributed by atoms with Crippen molar-refractivity contribution in [2.24, 2.45) is 0 Å². The van der Waals surface area contributed by atoms with Crippen LogP contribution in [0.1, 0.15) is 271 Å². The maximum atomic E-state index is 13.0. The molecule has 0 aromatic rings. The van der Waals surface area contributed by atoms with Crippen molar-refractivity contribution in [1.29, 1.82) is 0 Å². The zero-order valence-electron chi connectivity index (χ0n) is 46.8. The van der Waals surface area contributed by atoms with E-state index < -0.39 is 49.5 Å². The highest BCUT2D eigenvalue weighted by Crippen LogP contribution is 2.23. The van der Waals surface area contributed by atoms with Crippen LogP contribution in [0.25, 0.3) is 0 Å². The fourth-order valence-electron chi connectivity index (χ4n) is 9.27. The summed E-state index contributed by atoms with van der Waals surface area (Å²) in [6.07, 6.45) is 54.9. The molecule has 7 unspecified atom stereocenters. The van der Waals surface area contributed by atoms with Crippen LogP contribution < -0.4 is 5.32 Å². The van der Waals surface area contributed by atoms with E-state index in [2.05, 4.69) is 55.6 Å². The van der Waals surface area contributed by atoms with Gasteiger partial charge in [-0.05, 0) is 83.5 Å². The van der Waals surface area contributed by atoms with E-state index in [-0.39, 0.29) is 18.5 Å². The second kappa shape index (κ2) is 51.7. The Hall–Kier alpha value is -2.38. The number of aliphatic hydroxyl groups excluding tert-OH is 5. The average molecular weight is 1030 g/mol. The van der Waals surface area contributed by atoms with E-state index in [0.29, 0.717) is 19.4 Å². The number of esters is 1. The number of ether oxygens (including phenoxy) is 3. The first-order valence-corrected chi connectivity index (χ1v) is 30.4. The van der Waals surface area contributed by atoms with Gasteiger partial charge in [0.25, 0.3) is 0 Å². The van der Waals surface area contributed by atoms with Crippen LogP contribution >= 0.6 is 0 Å². The lowest BCUT2D eigenvalue weighted by atomic mass is 9.99. The molecule has 11 nitrogen and oxygen atoms in total. The van der Waals surface area contributed by atoms with Crippen molar-refractivity contribution in [2.75, 3.05) is 19.8 Å². The van der Waals surface area contributed by atoms with Crippen molar-refractivity contribution in [1.82, 2.24) is 5.32 Å². The molecule has 1 saturated heterocycles. The SMILES string of the molecule is CCCC/C=C\CCCCCCCC(=O)OCCCCCCCCCCC/C=C\C/C=C\CCCCCCCCCC(=O)NC(COC1OC(CO)C(O)C(O)C1O)C(O)/C=C/CCCCCCCCCCC. The minimum absolute atomic E-state index is 0.0164. The van der Waals surface area contributed by atoms with Crippen LogP contribution in [-0.4, -0.2) is 100 Å². The molecule has 1 fully saturated rings. The number of hydrogen-bond acceptors (Lipinski definition) is 10. The minimum atomic E-state index is -1.57.